The van der Waals surface area contributed by atoms with Gasteiger partial charge < -0.3 is 5.11 Å². The molecular weight excluding hydrogens is 180 g/mol. The van der Waals surface area contributed by atoms with Crippen LogP contribution in [0.3, 0.4) is 0 Å². The van der Waals surface area contributed by atoms with Crippen LogP contribution in [0.15, 0.2) is 5.16 Å². The highest BCUT2D eigenvalue weighted by molar-refractivity contribution is 7.99. The summed E-state index contributed by atoms with van der Waals surface area (Å²) in [7, 11) is 0. The van der Waals surface area contributed by atoms with Crippen LogP contribution in [0.2, 0.25) is 0 Å². The maximum Gasteiger partial charge on any atom is 0.313 e. The average Bonchev–Trinajstić information content (AvgIpc) is 2.03. The molecule has 0 aliphatic rings. The third kappa shape index (κ3) is 2.79. The van der Waals surface area contributed by atoms with Gasteiger partial charge in [-0.15, -0.1) is 20.4 Å². The number of hydrogen-bond donors (Lipinski definition) is 1. The number of aromatic nitrogens is 4. The minimum atomic E-state index is -0.913. The van der Waals surface area contributed by atoms with Crippen LogP contribution in [0.1, 0.15) is 5.82 Å². The quantitative estimate of drug-likeness (QED) is 0.651. The SMILES string of the molecule is Cc1nnc(SCC(=O)O)nn1. The van der Waals surface area contributed by atoms with E-state index in [0.29, 0.717) is 5.82 Å². The van der Waals surface area contributed by atoms with Crippen LogP contribution < -0.4 is 0 Å². The summed E-state index contributed by atoms with van der Waals surface area (Å²) in [5, 5.41) is 23.1. The first-order chi connectivity index (χ1) is 5.68. The van der Waals surface area contributed by atoms with Gasteiger partial charge in [-0.3, -0.25) is 4.79 Å². The Hall–Kier alpha value is -1.24. The first-order valence-electron chi connectivity index (χ1n) is 3.07. The predicted octanol–water partition coefficient (Wildman–Crippen LogP) is -0.248. The molecule has 6 nitrogen and oxygen atoms in total. The highest BCUT2D eigenvalue weighted by Crippen LogP contribution is 2.08. The fraction of sp³-hybridized carbons (Fsp3) is 0.400. The maximum absolute atomic E-state index is 10.1. The van der Waals surface area contributed by atoms with Gasteiger partial charge in [0, 0.05) is 0 Å². The molecule has 0 aliphatic carbocycles. The Bertz CT molecular complexity index is 275. The van der Waals surface area contributed by atoms with E-state index in [1.807, 2.05) is 0 Å². The van der Waals surface area contributed by atoms with Crippen LogP contribution in [0.25, 0.3) is 0 Å². The van der Waals surface area contributed by atoms with E-state index < -0.39 is 5.97 Å². The monoisotopic (exact) mass is 186 g/mol. The van der Waals surface area contributed by atoms with Gasteiger partial charge in [-0.2, -0.15) is 0 Å². The first-order valence-corrected chi connectivity index (χ1v) is 4.05. The number of aryl methyl sites for hydroxylation is 1. The lowest BCUT2D eigenvalue weighted by atomic mass is 10.8. The van der Waals surface area contributed by atoms with Gasteiger partial charge in [0.1, 0.15) is 0 Å². The molecule has 7 heteroatoms. The van der Waals surface area contributed by atoms with E-state index in [1.165, 1.54) is 0 Å². The lowest BCUT2D eigenvalue weighted by Crippen LogP contribution is -2.02. The zero-order chi connectivity index (χ0) is 8.97. The number of hydrogen-bond acceptors (Lipinski definition) is 6. The van der Waals surface area contributed by atoms with Crippen molar-refractivity contribution in [1.82, 2.24) is 20.4 Å². The summed E-state index contributed by atoms with van der Waals surface area (Å²) in [6.45, 7) is 1.66. The van der Waals surface area contributed by atoms with Gasteiger partial charge in [-0.25, -0.2) is 0 Å². The van der Waals surface area contributed by atoms with Gasteiger partial charge in [0.2, 0.25) is 5.16 Å². The zero-order valence-corrected chi connectivity index (χ0v) is 7.08. The molecule has 0 fully saturated rings. The van der Waals surface area contributed by atoms with Crippen molar-refractivity contribution in [3.63, 3.8) is 0 Å². The molecule has 0 saturated heterocycles. The van der Waals surface area contributed by atoms with E-state index in [2.05, 4.69) is 20.4 Å². The Kier molecular flexibility index (Phi) is 2.92. The fourth-order valence-corrected chi connectivity index (χ4v) is 0.904. The Labute approximate surface area is 72.4 Å². The van der Waals surface area contributed by atoms with Crippen molar-refractivity contribution in [3.05, 3.63) is 5.82 Å². The molecule has 0 spiro atoms. The van der Waals surface area contributed by atoms with Crippen molar-refractivity contribution in [3.8, 4) is 0 Å². The van der Waals surface area contributed by atoms with E-state index in [1.54, 1.807) is 6.92 Å². The summed E-state index contributed by atoms with van der Waals surface area (Å²) in [5.74, 6) is -0.522. The van der Waals surface area contributed by atoms with Crippen molar-refractivity contribution in [2.24, 2.45) is 0 Å². The fourth-order valence-electron chi connectivity index (χ4n) is 0.454. The van der Waals surface area contributed by atoms with Crippen LogP contribution in [-0.4, -0.2) is 37.2 Å². The van der Waals surface area contributed by atoms with Crippen molar-refractivity contribution in [1.29, 1.82) is 0 Å². The Morgan fingerprint density at radius 1 is 1.42 bits per heavy atom. The minimum Gasteiger partial charge on any atom is -0.481 e. The molecule has 0 amide bonds. The van der Waals surface area contributed by atoms with E-state index in [9.17, 15) is 4.79 Å². The van der Waals surface area contributed by atoms with Gasteiger partial charge in [0.15, 0.2) is 5.82 Å². The molecule has 1 aromatic heterocycles. The van der Waals surface area contributed by atoms with Gasteiger partial charge in [-0.1, -0.05) is 11.8 Å². The topological polar surface area (TPSA) is 88.9 Å². The van der Waals surface area contributed by atoms with Crippen molar-refractivity contribution < 1.29 is 9.90 Å². The number of carboxylic acids is 1. The molecule has 1 N–H and O–H groups in total. The minimum absolute atomic E-state index is 0.0770. The Morgan fingerprint density at radius 3 is 2.50 bits per heavy atom. The second kappa shape index (κ2) is 3.96. The molecule has 0 unspecified atom stereocenters. The van der Waals surface area contributed by atoms with E-state index >= 15 is 0 Å². The predicted molar refractivity (Wildman–Crippen MR) is 40.7 cm³/mol. The van der Waals surface area contributed by atoms with Crippen LogP contribution in [-0.2, 0) is 4.79 Å². The van der Waals surface area contributed by atoms with Crippen molar-refractivity contribution in [2.45, 2.75) is 12.1 Å². The van der Waals surface area contributed by atoms with Gasteiger partial charge in [-0.05, 0) is 6.92 Å². The molecule has 1 aromatic rings. The lowest BCUT2D eigenvalue weighted by Gasteiger charge is -1.93. The van der Waals surface area contributed by atoms with Gasteiger partial charge in [0.25, 0.3) is 0 Å². The second-order valence-electron chi connectivity index (χ2n) is 1.91. The molecular formula is C5H6N4O2S. The molecule has 1 heterocycles. The first kappa shape index (κ1) is 8.85. The number of nitrogens with zero attached hydrogens (tertiary/aromatic N) is 4. The molecule has 12 heavy (non-hydrogen) atoms. The van der Waals surface area contributed by atoms with Crippen molar-refractivity contribution >= 4 is 17.7 Å². The normalized spacial score (nSPS) is 9.75. The van der Waals surface area contributed by atoms with E-state index in [0.717, 1.165) is 11.8 Å². The number of carbonyl (C=O) groups is 1. The van der Waals surface area contributed by atoms with Crippen LogP contribution in [0.4, 0.5) is 0 Å². The van der Waals surface area contributed by atoms with Crippen molar-refractivity contribution in [2.75, 3.05) is 5.75 Å². The molecule has 0 saturated carbocycles. The highest BCUT2D eigenvalue weighted by Gasteiger charge is 2.02. The largest absolute Gasteiger partial charge is 0.481 e. The zero-order valence-electron chi connectivity index (χ0n) is 6.26. The van der Waals surface area contributed by atoms with E-state index in [4.69, 9.17) is 5.11 Å². The lowest BCUT2D eigenvalue weighted by molar-refractivity contribution is -0.133. The number of thioether (sulfide) groups is 1. The summed E-state index contributed by atoms with van der Waals surface area (Å²) < 4.78 is 0. The molecule has 0 aliphatic heterocycles. The number of aliphatic carboxylic acids is 1. The summed E-state index contributed by atoms with van der Waals surface area (Å²) in [6, 6.07) is 0. The van der Waals surface area contributed by atoms with Crippen LogP contribution in [0.5, 0.6) is 0 Å². The maximum atomic E-state index is 10.1. The summed E-state index contributed by atoms with van der Waals surface area (Å²) in [6.07, 6.45) is 0. The Morgan fingerprint density at radius 2 is 2.00 bits per heavy atom. The summed E-state index contributed by atoms with van der Waals surface area (Å²) >= 11 is 0.990. The third-order valence-corrected chi connectivity index (χ3v) is 1.70. The standard InChI is InChI=1S/C5H6N4O2S/c1-3-6-8-5(9-7-3)12-2-4(10)11/h2H2,1H3,(H,10,11). The number of carboxylic acid groups (broad SMARTS) is 1. The summed E-state index contributed by atoms with van der Waals surface area (Å²) in [5.41, 5.74) is 0. The summed E-state index contributed by atoms with van der Waals surface area (Å²) in [4.78, 5) is 10.1. The van der Waals surface area contributed by atoms with Crippen LogP contribution >= 0.6 is 11.8 Å². The second-order valence-corrected chi connectivity index (χ2v) is 2.85. The third-order valence-electron chi connectivity index (χ3n) is 0.885. The molecule has 0 atom stereocenters. The molecule has 0 radical (unpaired) electrons. The molecule has 0 aromatic carbocycles. The average molecular weight is 186 g/mol. The highest BCUT2D eigenvalue weighted by atomic mass is 32.2. The van der Waals surface area contributed by atoms with Gasteiger partial charge >= 0.3 is 5.97 Å². The Balaban J connectivity index is 2.53. The van der Waals surface area contributed by atoms with E-state index in [-0.39, 0.29) is 10.9 Å². The smallest absolute Gasteiger partial charge is 0.313 e. The molecule has 1 rings (SSSR count). The molecule has 64 valence electrons. The number of rotatable bonds is 3. The van der Waals surface area contributed by atoms with Gasteiger partial charge in [0.05, 0.1) is 5.75 Å². The molecule has 0 bridgehead atoms. The van der Waals surface area contributed by atoms with Crippen LogP contribution in [0, 0.1) is 6.92 Å².